The number of hydrogen-bond donors (Lipinski definition) is 1. The normalized spacial score (nSPS) is 10.7. The van der Waals surface area contributed by atoms with Crippen LogP contribution in [0.2, 0.25) is 0 Å². The first kappa shape index (κ1) is 14.9. The van der Waals surface area contributed by atoms with Gasteiger partial charge in [-0.3, -0.25) is 9.59 Å². The van der Waals surface area contributed by atoms with Gasteiger partial charge in [-0.1, -0.05) is 0 Å². The van der Waals surface area contributed by atoms with Crippen molar-refractivity contribution >= 4 is 5.91 Å². The number of hydrogen-bond acceptors (Lipinski definition) is 3. The van der Waals surface area contributed by atoms with Gasteiger partial charge in [0.2, 0.25) is 0 Å². The van der Waals surface area contributed by atoms with Gasteiger partial charge in [-0.2, -0.15) is 9.78 Å². The van der Waals surface area contributed by atoms with Gasteiger partial charge in [-0.25, -0.2) is 4.39 Å². The zero-order valence-electron chi connectivity index (χ0n) is 12.1. The van der Waals surface area contributed by atoms with Crippen molar-refractivity contribution in [3.8, 4) is 5.69 Å². The molecule has 1 aromatic heterocycles. The van der Waals surface area contributed by atoms with Gasteiger partial charge >= 0.3 is 0 Å². The lowest BCUT2D eigenvalue weighted by Gasteiger charge is -2.11. The van der Waals surface area contributed by atoms with E-state index >= 15 is 0 Å². The number of halogens is 1. The molecule has 0 atom stereocenters. The van der Waals surface area contributed by atoms with Gasteiger partial charge in [-0.05, 0) is 51.1 Å². The van der Waals surface area contributed by atoms with Crippen molar-refractivity contribution < 1.29 is 9.18 Å². The van der Waals surface area contributed by atoms with Crippen molar-refractivity contribution in [2.45, 2.75) is 26.8 Å². The van der Waals surface area contributed by atoms with Gasteiger partial charge in [0.05, 0.1) is 11.4 Å². The monoisotopic (exact) mass is 289 g/mol. The average Bonchev–Trinajstić information content (AvgIpc) is 2.41. The lowest BCUT2D eigenvalue weighted by atomic mass is 10.2. The summed E-state index contributed by atoms with van der Waals surface area (Å²) in [5, 5.41) is 6.77. The Hall–Kier alpha value is -2.50. The molecular weight excluding hydrogens is 273 g/mol. The lowest BCUT2D eigenvalue weighted by Crippen LogP contribution is -2.37. The van der Waals surface area contributed by atoms with Crippen molar-refractivity contribution in [2.75, 3.05) is 0 Å². The maximum absolute atomic E-state index is 13.0. The van der Waals surface area contributed by atoms with E-state index in [-0.39, 0.29) is 11.6 Å². The summed E-state index contributed by atoms with van der Waals surface area (Å²) in [7, 11) is 0. The second kappa shape index (κ2) is 5.87. The molecule has 1 aromatic carbocycles. The van der Waals surface area contributed by atoms with Crippen LogP contribution in [0.25, 0.3) is 5.69 Å². The molecule has 1 N–H and O–H groups in total. The zero-order chi connectivity index (χ0) is 15.6. The fourth-order valence-corrected chi connectivity index (χ4v) is 1.88. The Morgan fingerprint density at radius 1 is 1.29 bits per heavy atom. The summed E-state index contributed by atoms with van der Waals surface area (Å²) in [6.45, 7) is 5.31. The van der Waals surface area contributed by atoms with E-state index in [1.165, 1.54) is 30.3 Å². The van der Waals surface area contributed by atoms with Gasteiger partial charge in [0.25, 0.3) is 11.5 Å². The van der Waals surface area contributed by atoms with E-state index < -0.39 is 17.3 Å². The minimum absolute atomic E-state index is 0.0144. The largest absolute Gasteiger partial charge is 0.350 e. The third-order valence-corrected chi connectivity index (χ3v) is 2.77. The van der Waals surface area contributed by atoms with Gasteiger partial charge in [0.1, 0.15) is 11.4 Å². The quantitative estimate of drug-likeness (QED) is 0.937. The SMILES string of the molecule is Cc1cc(C(=O)NC(C)C)c(=O)n(-c2ccc(F)cc2)n1. The molecule has 2 aromatic rings. The van der Waals surface area contributed by atoms with Crippen LogP contribution in [0.4, 0.5) is 4.39 Å². The number of aryl methyl sites for hydroxylation is 1. The predicted molar refractivity (Wildman–Crippen MR) is 77.1 cm³/mol. The molecule has 0 saturated heterocycles. The third-order valence-electron chi connectivity index (χ3n) is 2.77. The van der Waals surface area contributed by atoms with Crippen molar-refractivity contribution in [1.29, 1.82) is 0 Å². The van der Waals surface area contributed by atoms with Gasteiger partial charge in [0, 0.05) is 6.04 Å². The highest BCUT2D eigenvalue weighted by molar-refractivity contribution is 5.94. The zero-order valence-corrected chi connectivity index (χ0v) is 12.1. The van der Waals surface area contributed by atoms with Crippen LogP contribution in [0.15, 0.2) is 35.1 Å². The number of rotatable bonds is 3. The van der Waals surface area contributed by atoms with Crippen molar-refractivity contribution in [1.82, 2.24) is 15.1 Å². The van der Waals surface area contributed by atoms with E-state index in [1.54, 1.807) is 6.92 Å². The van der Waals surface area contributed by atoms with Gasteiger partial charge < -0.3 is 5.32 Å². The lowest BCUT2D eigenvalue weighted by molar-refractivity contribution is 0.0941. The van der Waals surface area contributed by atoms with Crippen LogP contribution in [0.3, 0.4) is 0 Å². The number of amides is 1. The molecule has 0 radical (unpaired) electrons. The molecule has 0 aliphatic carbocycles. The molecule has 5 nitrogen and oxygen atoms in total. The van der Waals surface area contributed by atoms with Crippen LogP contribution in [0.5, 0.6) is 0 Å². The van der Waals surface area contributed by atoms with Gasteiger partial charge in [0.15, 0.2) is 0 Å². The van der Waals surface area contributed by atoms with Crippen LogP contribution in [0, 0.1) is 12.7 Å². The average molecular weight is 289 g/mol. The summed E-state index contributed by atoms with van der Waals surface area (Å²) in [5.41, 5.74) is 0.405. The fraction of sp³-hybridized carbons (Fsp3) is 0.267. The molecule has 0 aliphatic rings. The molecule has 2 rings (SSSR count). The standard InChI is InChI=1S/C15H16FN3O2/c1-9(2)17-14(20)13-8-10(3)18-19(15(13)21)12-6-4-11(16)5-7-12/h4-9H,1-3H3,(H,17,20). The summed E-state index contributed by atoms with van der Waals surface area (Å²) in [4.78, 5) is 24.4. The Morgan fingerprint density at radius 2 is 1.90 bits per heavy atom. The summed E-state index contributed by atoms with van der Waals surface area (Å²) in [6, 6.07) is 6.71. The fourth-order valence-electron chi connectivity index (χ4n) is 1.88. The molecule has 0 bridgehead atoms. The molecule has 0 saturated carbocycles. The van der Waals surface area contributed by atoms with Crippen molar-refractivity contribution in [2.24, 2.45) is 0 Å². The number of nitrogens with one attached hydrogen (secondary N) is 1. The van der Waals surface area contributed by atoms with E-state index in [0.29, 0.717) is 11.4 Å². The van der Waals surface area contributed by atoms with E-state index in [9.17, 15) is 14.0 Å². The number of carbonyl (C=O) groups excluding carboxylic acids is 1. The number of nitrogens with zero attached hydrogens (tertiary/aromatic N) is 2. The first-order valence-corrected chi connectivity index (χ1v) is 6.56. The smallest absolute Gasteiger partial charge is 0.284 e. The summed E-state index contributed by atoms with van der Waals surface area (Å²) in [6.07, 6.45) is 0. The highest BCUT2D eigenvalue weighted by Crippen LogP contribution is 2.07. The van der Waals surface area contributed by atoms with Crippen LogP contribution in [-0.4, -0.2) is 21.7 Å². The molecule has 110 valence electrons. The predicted octanol–water partition coefficient (Wildman–Crippen LogP) is 1.82. The Kier molecular flexibility index (Phi) is 4.16. The second-order valence-corrected chi connectivity index (χ2v) is 5.02. The molecular formula is C15H16FN3O2. The molecule has 0 spiro atoms. The van der Waals surface area contributed by atoms with Crippen LogP contribution in [0.1, 0.15) is 29.9 Å². The number of carbonyl (C=O) groups is 1. The Balaban J connectivity index is 2.54. The third kappa shape index (κ3) is 3.34. The van der Waals surface area contributed by atoms with E-state index in [4.69, 9.17) is 0 Å². The highest BCUT2D eigenvalue weighted by Gasteiger charge is 2.16. The van der Waals surface area contributed by atoms with Crippen LogP contribution in [-0.2, 0) is 0 Å². The Bertz CT molecular complexity index is 721. The molecule has 0 aliphatic heterocycles. The van der Waals surface area contributed by atoms with Crippen molar-refractivity contribution in [3.05, 3.63) is 57.8 Å². The van der Waals surface area contributed by atoms with Gasteiger partial charge in [-0.15, -0.1) is 0 Å². The van der Waals surface area contributed by atoms with E-state index in [2.05, 4.69) is 10.4 Å². The topological polar surface area (TPSA) is 64.0 Å². The van der Waals surface area contributed by atoms with E-state index in [0.717, 1.165) is 4.68 Å². The molecule has 21 heavy (non-hydrogen) atoms. The van der Waals surface area contributed by atoms with Crippen LogP contribution < -0.4 is 10.9 Å². The minimum atomic E-state index is -0.537. The van der Waals surface area contributed by atoms with Crippen LogP contribution >= 0.6 is 0 Å². The first-order valence-electron chi connectivity index (χ1n) is 6.56. The summed E-state index contributed by atoms with van der Waals surface area (Å²) < 4.78 is 14.1. The number of benzene rings is 1. The minimum Gasteiger partial charge on any atom is -0.350 e. The molecule has 0 fully saturated rings. The molecule has 1 heterocycles. The maximum Gasteiger partial charge on any atom is 0.284 e. The number of aromatic nitrogens is 2. The van der Waals surface area contributed by atoms with Crippen molar-refractivity contribution in [3.63, 3.8) is 0 Å². The first-order chi connectivity index (χ1) is 9.88. The molecule has 6 heteroatoms. The maximum atomic E-state index is 13.0. The molecule has 1 amide bonds. The molecule has 0 unspecified atom stereocenters. The highest BCUT2D eigenvalue weighted by atomic mass is 19.1. The Labute approximate surface area is 121 Å². The van der Waals surface area contributed by atoms with E-state index in [1.807, 2.05) is 13.8 Å². The Morgan fingerprint density at radius 3 is 2.48 bits per heavy atom. The summed E-state index contributed by atoms with van der Waals surface area (Å²) >= 11 is 0. The summed E-state index contributed by atoms with van der Waals surface area (Å²) in [5.74, 6) is -0.853. The second-order valence-electron chi connectivity index (χ2n) is 5.02.